The van der Waals surface area contributed by atoms with Crippen LogP contribution in [0.4, 0.5) is 5.82 Å². The van der Waals surface area contributed by atoms with Crippen molar-refractivity contribution in [3.63, 3.8) is 0 Å². The maximum atomic E-state index is 8.01. The van der Waals surface area contributed by atoms with Crippen LogP contribution in [0.25, 0.3) is 16.5 Å². The van der Waals surface area contributed by atoms with E-state index < -0.39 is 0 Å². The molecule has 0 aromatic carbocycles. The first-order valence-corrected chi connectivity index (χ1v) is 4.07. The Hall–Kier alpha value is -1.78. The van der Waals surface area contributed by atoms with Gasteiger partial charge in [0.2, 0.25) is 5.28 Å². The lowest BCUT2D eigenvalue weighted by Crippen LogP contribution is -1.95. The zero-order valence-corrected chi connectivity index (χ0v) is 7.89. The quantitative estimate of drug-likeness (QED) is 0.357. The summed E-state index contributed by atoms with van der Waals surface area (Å²) < 4.78 is 0. The number of nitrogens with two attached hydrogens (primary N) is 1. The minimum atomic E-state index is 0.106. The van der Waals surface area contributed by atoms with E-state index in [1.165, 1.54) is 6.20 Å². The largest absolute Gasteiger partial charge is 0.383 e. The van der Waals surface area contributed by atoms with E-state index >= 15 is 0 Å². The highest BCUT2D eigenvalue weighted by Crippen LogP contribution is 2.11. The zero-order valence-electron chi connectivity index (χ0n) is 7.13. The van der Waals surface area contributed by atoms with E-state index in [9.17, 15) is 0 Å². The molecule has 0 amide bonds. The number of nitrogen functional groups attached to an aromatic ring is 1. The van der Waals surface area contributed by atoms with Gasteiger partial charge in [-0.2, -0.15) is 0 Å². The first-order valence-electron chi connectivity index (χ1n) is 3.69. The Morgan fingerprint density at radius 1 is 1.71 bits per heavy atom. The van der Waals surface area contributed by atoms with Gasteiger partial charge in [0, 0.05) is 23.2 Å². The van der Waals surface area contributed by atoms with E-state index in [-0.39, 0.29) is 11.8 Å². The van der Waals surface area contributed by atoms with Crippen molar-refractivity contribution in [1.29, 1.82) is 0 Å². The predicted molar refractivity (Wildman–Crippen MR) is 54.5 cm³/mol. The van der Waals surface area contributed by atoms with Crippen LogP contribution in [0.1, 0.15) is 5.56 Å². The fourth-order valence-electron chi connectivity index (χ4n) is 0.773. The van der Waals surface area contributed by atoms with Crippen LogP contribution in [0.15, 0.2) is 17.4 Å². The molecule has 0 saturated carbocycles. The highest BCUT2D eigenvalue weighted by molar-refractivity contribution is 6.28. The molecule has 7 heteroatoms. The third kappa shape index (κ3) is 2.93. The van der Waals surface area contributed by atoms with E-state index in [0.29, 0.717) is 11.4 Å². The number of hydrogen-bond donors (Lipinski definition) is 1. The summed E-state index contributed by atoms with van der Waals surface area (Å²) in [7, 11) is 0. The normalized spacial score (nSPS) is 10.1. The Balaban J connectivity index is 2.76. The fraction of sp³-hybridized carbons (Fsp3) is 0.143. The minimum absolute atomic E-state index is 0.106. The van der Waals surface area contributed by atoms with Gasteiger partial charge in [-0.05, 0) is 17.1 Å². The van der Waals surface area contributed by atoms with Crippen molar-refractivity contribution in [2.75, 3.05) is 12.3 Å². The van der Waals surface area contributed by atoms with Crippen LogP contribution in [-0.4, -0.2) is 16.5 Å². The van der Waals surface area contributed by atoms with E-state index in [0.717, 1.165) is 0 Å². The predicted octanol–water partition coefficient (Wildman–Crippen LogP) is 2.04. The van der Waals surface area contributed by atoms with E-state index in [1.807, 2.05) is 0 Å². The molecule has 1 aromatic rings. The number of halogens is 1. The lowest BCUT2D eigenvalue weighted by molar-refractivity contribution is 1.16. The Morgan fingerprint density at radius 3 is 3.14 bits per heavy atom. The Kier molecular flexibility index (Phi) is 3.72. The average molecular weight is 211 g/mol. The van der Waals surface area contributed by atoms with Crippen LogP contribution < -0.4 is 5.73 Å². The molecule has 72 valence electrons. The standard InChI is InChI=1S/C7H7ClN6/c8-7-11-4-5(6(9)13-7)2-1-3-12-14-10/h1-2,4H,3H2,(H2,9,11,13). The Morgan fingerprint density at radius 2 is 2.50 bits per heavy atom. The highest BCUT2D eigenvalue weighted by atomic mass is 35.5. The second-order valence-corrected chi connectivity index (χ2v) is 2.63. The molecule has 0 spiro atoms. The summed E-state index contributed by atoms with van der Waals surface area (Å²) in [5, 5.41) is 3.43. The monoisotopic (exact) mass is 210 g/mol. The van der Waals surface area contributed by atoms with Crippen LogP contribution in [0, 0.1) is 0 Å². The number of hydrogen-bond acceptors (Lipinski definition) is 4. The molecule has 0 aliphatic rings. The number of azide groups is 1. The number of nitrogens with zero attached hydrogens (tertiary/aromatic N) is 5. The molecule has 0 unspecified atom stereocenters. The number of anilines is 1. The summed E-state index contributed by atoms with van der Waals surface area (Å²) in [5.74, 6) is 0.294. The first-order chi connectivity index (χ1) is 6.74. The lowest BCUT2D eigenvalue weighted by atomic mass is 10.3. The van der Waals surface area contributed by atoms with Gasteiger partial charge in [0.05, 0.1) is 0 Å². The van der Waals surface area contributed by atoms with Crippen LogP contribution in [-0.2, 0) is 0 Å². The van der Waals surface area contributed by atoms with Crippen molar-refractivity contribution in [2.45, 2.75) is 0 Å². The Bertz CT molecular complexity index is 395. The highest BCUT2D eigenvalue weighted by Gasteiger charge is 1.97. The molecule has 0 radical (unpaired) electrons. The van der Waals surface area contributed by atoms with E-state index in [2.05, 4.69) is 20.0 Å². The molecular formula is C7H7ClN6. The minimum Gasteiger partial charge on any atom is -0.383 e. The molecule has 0 bridgehead atoms. The van der Waals surface area contributed by atoms with Crippen molar-refractivity contribution < 1.29 is 0 Å². The van der Waals surface area contributed by atoms with Crippen molar-refractivity contribution in [1.82, 2.24) is 9.97 Å². The van der Waals surface area contributed by atoms with E-state index in [4.69, 9.17) is 22.9 Å². The molecule has 0 saturated heterocycles. The Labute approximate surface area is 85.1 Å². The van der Waals surface area contributed by atoms with Crippen LogP contribution >= 0.6 is 11.6 Å². The molecule has 14 heavy (non-hydrogen) atoms. The van der Waals surface area contributed by atoms with Crippen molar-refractivity contribution in [3.8, 4) is 0 Å². The molecule has 2 N–H and O–H groups in total. The lowest BCUT2D eigenvalue weighted by Gasteiger charge is -1.97. The van der Waals surface area contributed by atoms with Crippen LogP contribution in [0.2, 0.25) is 5.28 Å². The molecule has 0 aliphatic heterocycles. The molecule has 1 aromatic heterocycles. The van der Waals surface area contributed by atoms with Gasteiger partial charge in [0.15, 0.2) is 0 Å². The molecule has 0 aliphatic carbocycles. The average Bonchev–Trinajstić information content (AvgIpc) is 2.15. The first kappa shape index (κ1) is 10.3. The van der Waals surface area contributed by atoms with Gasteiger partial charge in [0.25, 0.3) is 0 Å². The van der Waals surface area contributed by atoms with Gasteiger partial charge in [-0.15, -0.1) is 0 Å². The van der Waals surface area contributed by atoms with Gasteiger partial charge in [-0.3, -0.25) is 0 Å². The smallest absolute Gasteiger partial charge is 0.224 e. The third-order valence-corrected chi connectivity index (χ3v) is 1.55. The zero-order chi connectivity index (χ0) is 10.4. The summed E-state index contributed by atoms with van der Waals surface area (Å²) >= 11 is 5.51. The molecule has 1 rings (SSSR count). The van der Waals surface area contributed by atoms with Gasteiger partial charge in [0.1, 0.15) is 5.82 Å². The van der Waals surface area contributed by atoms with E-state index in [1.54, 1.807) is 12.2 Å². The maximum Gasteiger partial charge on any atom is 0.224 e. The fourth-order valence-corrected chi connectivity index (χ4v) is 0.913. The van der Waals surface area contributed by atoms with Gasteiger partial charge in [-0.25, -0.2) is 9.97 Å². The van der Waals surface area contributed by atoms with Gasteiger partial charge < -0.3 is 5.73 Å². The summed E-state index contributed by atoms with van der Waals surface area (Å²) in [6, 6.07) is 0. The molecule has 6 nitrogen and oxygen atoms in total. The summed E-state index contributed by atoms with van der Waals surface area (Å²) in [6.45, 7) is 0.262. The SMILES string of the molecule is [N-]=[N+]=NCC=Cc1cnc(Cl)nc1N. The molecule has 0 fully saturated rings. The molecule has 0 atom stereocenters. The number of rotatable bonds is 3. The van der Waals surface area contributed by atoms with Crippen LogP contribution in [0.3, 0.4) is 0 Å². The summed E-state index contributed by atoms with van der Waals surface area (Å²) in [5.41, 5.74) is 14.2. The maximum absolute atomic E-state index is 8.01. The van der Waals surface area contributed by atoms with Crippen molar-refractivity contribution >= 4 is 23.5 Å². The second-order valence-electron chi connectivity index (χ2n) is 2.30. The third-order valence-electron chi connectivity index (χ3n) is 1.37. The van der Waals surface area contributed by atoms with Crippen molar-refractivity contribution in [3.05, 3.63) is 33.6 Å². The topological polar surface area (TPSA) is 101 Å². The molecular weight excluding hydrogens is 204 g/mol. The molecule has 1 heterocycles. The van der Waals surface area contributed by atoms with Gasteiger partial charge in [-0.1, -0.05) is 17.3 Å². The second kappa shape index (κ2) is 5.06. The van der Waals surface area contributed by atoms with Crippen molar-refractivity contribution in [2.24, 2.45) is 5.11 Å². The summed E-state index contributed by atoms with van der Waals surface area (Å²) in [4.78, 5) is 10.1. The van der Waals surface area contributed by atoms with Crippen LogP contribution in [0.5, 0.6) is 0 Å². The van der Waals surface area contributed by atoms with Gasteiger partial charge >= 0.3 is 0 Å². The number of aromatic nitrogens is 2. The summed E-state index contributed by atoms with van der Waals surface area (Å²) in [6.07, 6.45) is 4.82.